The van der Waals surface area contributed by atoms with Gasteiger partial charge in [-0.2, -0.15) is 0 Å². The number of aliphatic hydroxyl groups is 1. The van der Waals surface area contributed by atoms with Gasteiger partial charge in [0.15, 0.2) is 11.5 Å². The van der Waals surface area contributed by atoms with Gasteiger partial charge in [0.1, 0.15) is 19.0 Å². The largest absolute Gasteiger partial charge is 0.507 e. The Morgan fingerprint density at radius 3 is 2.61 bits per heavy atom. The summed E-state index contributed by atoms with van der Waals surface area (Å²) in [4.78, 5) is 27.7. The molecule has 2 aliphatic rings. The molecule has 1 fully saturated rings. The Kier molecular flexibility index (Phi) is 5.48. The van der Waals surface area contributed by atoms with Gasteiger partial charge < -0.3 is 24.2 Å². The Balaban J connectivity index is 1.70. The maximum Gasteiger partial charge on any atom is 0.295 e. The predicted molar refractivity (Wildman–Crippen MR) is 122 cm³/mol. The molecule has 33 heavy (non-hydrogen) atoms. The average molecular weight is 445 g/mol. The maximum atomic E-state index is 13.2. The number of hydrogen-bond donors (Lipinski definition) is 1. The van der Waals surface area contributed by atoms with Crippen LogP contribution in [0.2, 0.25) is 0 Å². The molecule has 0 radical (unpaired) electrons. The molecule has 2 heterocycles. The van der Waals surface area contributed by atoms with E-state index >= 15 is 0 Å². The van der Waals surface area contributed by atoms with Gasteiger partial charge in [0.05, 0.1) is 18.2 Å². The molecule has 0 aliphatic carbocycles. The second-order valence-corrected chi connectivity index (χ2v) is 7.91. The van der Waals surface area contributed by atoms with Gasteiger partial charge in [0, 0.05) is 19.2 Å². The van der Waals surface area contributed by atoms with Crippen LogP contribution in [0.4, 0.5) is 0 Å². The molecule has 1 N–H and O–H groups in total. The Morgan fingerprint density at radius 1 is 1.03 bits per heavy atom. The van der Waals surface area contributed by atoms with Crippen molar-refractivity contribution in [2.45, 2.75) is 6.04 Å². The van der Waals surface area contributed by atoms with Crippen molar-refractivity contribution in [2.24, 2.45) is 0 Å². The highest BCUT2D eigenvalue weighted by atomic mass is 16.6. The molecule has 0 spiro atoms. The number of benzene rings is 3. The lowest BCUT2D eigenvalue weighted by molar-refractivity contribution is -0.140. The minimum Gasteiger partial charge on any atom is -0.507 e. The van der Waals surface area contributed by atoms with Crippen molar-refractivity contribution in [1.29, 1.82) is 0 Å². The number of hydrogen-bond acceptors (Lipinski definition) is 6. The molecule has 1 atom stereocenters. The van der Waals surface area contributed by atoms with Crippen LogP contribution >= 0.6 is 0 Å². The Morgan fingerprint density at radius 2 is 1.79 bits per heavy atom. The normalized spacial score (nSPS) is 19.3. The lowest BCUT2D eigenvalue weighted by Crippen LogP contribution is -2.32. The standard InChI is InChI=1S/C26H23NO6/c1-31-12-11-27-23(19-8-4-6-16-5-2-3-7-18(16)19)22(25(29)26(27)30)24(28)17-9-10-20-21(15-17)33-14-13-32-20/h2-10,15,23,28H,11-14H2,1H3. The first-order chi connectivity index (χ1) is 16.1. The molecule has 1 unspecified atom stereocenters. The van der Waals surface area contributed by atoms with Crippen molar-refractivity contribution in [3.8, 4) is 11.5 Å². The Hall–Kier alpha value is -3.84. The van der Waals surface area contributed by atoms with Gasteiger partial charge >= 0.3 is 0 Å². The summed E-state index contributed by atoms with van der Waals surface area (Å²) in [6, 6.07) is 17.7. The second kappa shape index (κ2) is 8.60. The van der Waals surface area contributed by atoms with E-state index in [2.05, 4.69) is 0 Å². The summed E-state index contributed by atoms with van der Waals surface area (Å²) in [7, 11) is 1.54. The zero-order valence-corrected chi connectivity index (χ0v) is 18.1. The van der Waals surface area contributed by atoms with Crippen LogP contribution < -0.4 is 9.47 Å². The molecule has 3 aromatic carbocycles. The number of nitrogens with zero attached hydrogens (tertiary/aromatic N) is 1. The van der Waals surface area contributed by atoms with Gasteiger partial charge in [-0.3, -0.25) is 9.59 Å². The van der Waals surface area contributed by atoms with Crippen molar-refractivity contribution in [2.75, 3.05) is 33.5 Å². The number of Topliss-reactive ketones (excluding diaryl/α,β-unsaturated/α-hetero) is 1. The smallest absolute Gasteiger partial charge is 0.295 e. The highest BCUT2D eigenvalue weighted by Gasteiger charge is 2.46. The lowest BCUT2D eigenvalue weighted by Gasteiger charge is -2.26. The van der Waals surface area contributed by atoms with Gasteiger partial charge in [-0.1, -0.05) is 42.5 Å². The van der Waals surface area contributed by atoms with Crippen LogP contribution in [-0.2, 0) is 14.3 Å². The third kappa shape index (κ3) is 3.60. The maximum absolute atomic E-state index is 13.2. The van der Waals surface area contributed by atoms with E-state index in [1.807, 2.05) is 42.5 Å². The van der Waals surface area contributed by atoms with Crippen LogP contribution in [0.5, 0.6) is 11.5 Å². The van der Waals surface area contributed by atoms with Crippen LogP contribution in [0.1, 0.15) is 17.2 Å². The van der Waals surface area contributed by atoms with Crippen molar-refractivity contribution in [1.82, 2.24) is 4.90 Å². The highest BCUT2D eigenvalue weighted by Crippen LogP contribution is 2.42. The molecule has 5 rings (SSSR count). The van der Waals surface area contributed by atoms with E-state index in [1.54, 1.807) is 25.3 Å². The van der Waals surface area contributed by atoms with Gasteiger partial charge in [0.25, 0.3) is 11.7 Å². The molecule has 0 bridgehead atoms. The van der Waals surface area contributed by atoms with Crippen LogP contribution in [-0.4, -0.2) is 55.2 Å². The molecule has 1 saturated heterocycles. The topological polar surface area (TPSA) is 85.3 Å². The lowest BCUT2D eigenvalue weighted by atomic mass is 9.91. The third-order valence-electron chi connectivity index (χ3n) is 6.01. The minimum absolute atomic E-state index is 0.0455. The predicted octanol–water partition coefficient (Wildman–Crippen LogP) is 3.68. The molecule has 7 nitrogen and oxygen atoms in total. The summed E-state index contributed by atoms with van der Waals surface area (Å²) in [6.45, 7) is 1.32. The van der Waals surface area contributed by atoms with Crippen LogP contribution in [0, 0.1) is 0 Å². The van der Waals surface area contributed by atoms with E-state index in [-0.39, 0.29) is 24.5 Å². The summed E-state index contributed by atoms with van der Waals surface area (Å²) < 4.78 is 16.4. The third-order valence-corrected chi connectivity index (χ3v) is 6.01. The summed E-state index contributed by atoms with van der Waals surface area (Å²) >= 11 is 0. The second-order valence-electron chi connectivity index (χ2n) is 7.91. The monoisotopic (exact) mass is 445 g/mol. The highest BCUT2D eigenvalue weighted by molar-refractivity contribution is 6.46. The fourth-order valence-electron chi connectivity index (χ4n) is 4.46. The van der Waals surface area contributed by atoms with Gasteiger partial charge in [0.2, 0.25) is 0 Å². The number of amides is 1. The molecular weight excluding hydrogens is 422 g/mol. The van der Waals surface area contributed by atoms with E-state index < -0.39 is 17.7 Å². The quantitative estimate of drug-likeness (QED) is 0.366. The average Bonchev–Trinajstić information content (AvgIpc) is 3.11. The molecule has 3 aromatic rings. The fraction of sp³-hybridized carbons (Fsp3) is 0.231. The van der Waals surface area contributed by atoms with Crippen molar-refractivity contribution >= 4 is 28.2 Å². The van der Waals surface area contributed by atoms with E-state index in [0.717, 1.165) is 16.3 Å². The number of methoxy groups -OCH3 is 1. The van der Waals surface area contributed by atoms with Gasteiger partial charge in [-0.25, -0.2) is 0 Å². The van der Waals surface area contributed by atoms with Crippen LogP contribution in [0.15, 0.2) is 66.2 Å². The molecule has 0 aromatic heterocycles. The SMILES string of the molecule is COCCN1C(=O)C(=O)C(=C(O)c2ccc3c(c2)OCCO3)C1c1cccc2ccccc12. The number of likely N-dealkylation sites (tertiary alicyclic amines) is 1. The van der Waals surface area contributed by atoms with E-state index in [0.29, 0.717) is 30.3 Å². The molecule has 0 saturated carbocycles. The molecule has 1 amide bonds. The zero-order chi connectivity index (χ0) is 22.9. The van der Waals surface area contributed by atoms with Gasteiger partial charge in [-0.15, -0.1) is 0 Å². The first-order valence-electron chi connectivity index (χ1n) is 10.7. The number of rotatable bonds is 5. The molecular formula is C26H23NO6. The number of ether oxygens (including phenoxy) is 3. The molecule has 7 heteroatoms. The Bertz CT molecular complexity index is 1280. The zero-order valence-electron chi connectivity index (χ0n) is 18.1. The summed E-state index contributed by atoms with van der Waals surface area (Å²) in [5.41, 5.74) is 1.20. The number of aliphatic hydroxyl groups excluding tert-OH is 1. The van der Waals surface area contributed by atoms with Crippen molar-refractivity contribution in [3.05, 3.63) is 77.4 Å². The van der Waals surface area contributed by atoms with Gasteiger partial charge in [-0.05, 0) is 34.5 Å². The number of ketones is 1. The van der Waals surface area contributed by atoms with Crippen molar-refractivity contribution < 1.29 is 28.9 Å². The number of carbonyl (C=O) groups excluding carboxylic acids is 2. The minimum atomic E-state index is -0.751. The summed E-state index contributed by atoms with van der Waals surface area (Å²) in [5.74, 6) is -0.576. The number of fused-ring (bicyclic) bond motifs is 2. The first kappa shape index (κ1) is 21.0. The Labute approximate surface area is 190 Å². The number of carbonyl (C=O) groups is 2. The molecule has 2 aliphatic heterocycles. The first-order valence-corrected chi connectivity index (χ1v) is 10.7. The van der Waals surface area contributed by atoms with Crippen LogP contribution in [0.3, 0.4) is 0 Å². The van der Waals surface area contributed by atoms with Crippen molar-refractivity contribution in [3.63, 3.8) is 0 Å². The summed E-state index contributed by atoms with van der Waals surface area (Å²) in [6.07, 6.45) is 0. The summed E-state index contributed by atoms with van der Waals surface area (Å²) in [5, 5.41) is 13.2. The molecule has 168 valence electrons. The van der Waals surface area contributed by atoms with Crippen LogP contribution in [0.25, 0.3) is 16.5 Å². The van der Waals surface area contributed by atoms with E-state index in [1.165, 1.54) is 4.90 Å². The van der Waals surface area contributed by atoms with E-state index in [4.69, 9.17) is 14.2 Å². The van der Waals surface area contributed by atoms with E-state index in [9.17, 15) is 14.7 Å². The fourth-order valence-corrected chi connectivity index (χ4v) is 4.46.